The second-order valence-corrected chi connectivity index (χ2v) is 8.01. The summed E-state index contributed by atoms with van der Waals surface area (Å²) >= 11 is 0. The number of hydrogen-bond donors (Lipinski definition) is 2. The fourth-order valence-corrected chi connectivity index (χ4v) is 4.44. The maximum atomic E-state index is 13.0. The van der Waals surface area contributed by atoms with Crippen molar-refractivity contribution in [3.63, 3.8) is 0 Å². The van der Waals surface area contributed by atoms with E-state index in [1.807, 2.05) is 9.80 Å². The Morgan fingerprint density at radius 2 is 1.87 bits per heavy atom. The minimum atomic E-state index is -0.342. The Morgan fingerprint density at radius 1 is 1.10 bits per heavy atom. The number of rotatable bonds is 5. The maximum absolute atomic E-state index is 13.0. The first-order chi connectivity index (χ1) is 14.6. The first kappa shape index (κ1) is 21.0. The van der Waals surface area contributed by atoms with Crippen LogP contribution in [0, 0.1) is 5.82 Å². The van der Waals surface area contributed by atoms with Gasteiger partial charge in [0.15, 0.2) is 6.61 Å². The van der Waals surface area contributed by atoms with E-state index in [4.69, 9.17) is 9.47 Å². The average Bonchev–Trinajstić information content (AvgIpc) is 3.29. The Kier molecular flexibility index (Phi) is 6.81. The number of hydrogen-bond acceptors (Lipinski definition) is 6. The molecule has 0 aliphatic carbocycles. The Labute approximate surface area is 175 Å². The third-order valence-corrected chi connectivity index (χ3v) is 6.06. The van der Waals surface area contributed by atoms with Crippen LogP contribution < -0.4 is 15.6 Å². The van der Waals surface area contributed by atoms with Gasteiger partial charge in [0.1, 0.15) is 17.6 Å². The summed E-state index contributed by atoms with van der Waals surface area (Å²) in [6.07, 6.45) is 3.53. The molecule has 1 aromatic carbocycles. The Morgan fingerprint density at radius 3 is 2.63 bits per heavy atom. The summed E-state index contributed by atoms with van der Waals surface area (Å²) in [7, 11) is 0. The molecule has 0 saturated carbocycles. The number of carbonyl (C=O) groups excluding carboxylic acids is 2. The summed E-state index contributed by atoms with van der Waals surface area (Å²) in [5, 5.41) is 0. The highest BCUT2D eigenvalue weighted by molar-refractivity contribution is 5.82. The monoisotopic (exact) mass is 420 g/mol. The largest absolute Gasteiger partial charge is 0.484 e. The van der Waals surface area contributed by atoms with Gasteiger partial charge in [0.25, 0.3) is 5.91 Å². The van der Waals surface area contributed by atoms with Gasteiger partial charge in [-0.1, -0.05) is 0 Å². The minimum Gasteiger partial charge on any atom is -0.484 e. The molecule has 0 spiro atoms. The van der Waals surface area contributed by atoms with Crippen LogP contribution >= 0.6 is 0 Å². The zero-order valence-corrected chi connectivity index (χ0v) is 17.0. The molecule has 2 N–H and O–H groups in total. The molecular weight excluding hydrogens is 391 g/mol. The molecule has 3 saturated heterocycles. The fraction of sp³-hybridized carbons (Fsp3) is 0.619. The summed E-state index contributed by atoms with van der Waals surface area (Å²) in [4.78, 5) is 29.3. The highest BCUT2D eigenvalue weighted by Crippen LogP contribution is 2.25. The molecule has 3 atom stereocenters. The number of benzene rings is 1. The van der Waals surface area contributed by atoms with E-state index in [0.29, 0.717) is 45.0 Å². The van der Waals surface area contributed by atoms with Crippen LogP contribution in [0.4, 0.5) is 4.39 Å². The first-order valence-corrected chi connectivity index (χ1v) is 10.7. The molecule has 9 heteroatoms. The van der Waals surface area contributed by atoms with Crippen LogP contribution in [0.15, 0.2) is 24.3 Å². The maximum Gasteiger partial charge on any atom is 0.260 e. The normalized spacial score (nSPS) is 27.2. The van der Waals surface area contributed by atoms with Crippen molar-refractivity contribution in [2.75, 3.05) is 39.5 Å². The van der Waals surface area contributed by atoms with Crippen molar-refractivity contribution < 1.29 is 23.5 Å². The third kappa shape index (κ3) is 4.91. The number of amides is 2. The van der Waals surface area contributed by atoms with Crippen LogP contribution in [-0.2, 0) is 14.3 Å². The van der Waals surface area contributed by atoms with E-state index in [-0.39, 0.29) is 42.4 Å². The van der Waals surface area contributed by atoms with Gasteiger partial charge >= 0.3 is 0 Å². The molecule has 3 aliphatic heterocycles. The molecule has 8 nitrogen and oxygen atoms in total. The van der Waals surface area contributed by atoms with Crippen LogP contribution in [-0.4, -0.2) is 79.2 Å². The predicted molar refractivity (Wildman–Crippen MR) is 107 cm³/mol. The summed E-state index contributed by atoms with van der Waals surface area (Å²) in [6, 6.07) is 5.38. The number of carbonyl (C=O) groups is 2. The quantitative estimate of drug-likeness (QED) is 0.729. The van der Waals surface area contributed by atoms with Crippen LogP contribution in [0.25, 0.3) is 0 Å². The van der Waals surface area contributed by atoms with Crippen LogP contribution in [0.2, 0.25) is 0 Å². The van der Waals surface area contributed by atoms with Gasteiger partial charge < -0.3 is 19.3 Å². The smallest absolute Gasteiger partial charge is 0.260 e. The summed E-state index contributed by atoms with van der Waals surface area (Å²) in [5.74, 6) is 0.122. The predicted octanol–water partition coefficient (Wildman–Crippen LogP) is 0.680. The number of morpholine rings is 1. The fourth-order valence-electron chi connectivity index (χ4n) is 4.44. The molecular formula is C21H29FN4O4. The van der Waals surface area contributed by atoms with Crippen molar-refractivity contribution >= 4 is 11.8 Å². The van der Waals surface area contributed by atoms with Gasteiger partial charge in [-0.15, -0.1) is 0 Å². The molecule has 3 heterocycles. The third-order valence-electron chi connectivity index (χ3n) is 6.06. The molecule has 4 rings (SSSR count). The molecule has 2 amide bonds. The Balaban J connectivity index is 1.33. The van der Waals surface area contributed by atoms with Crippen molar-refractivity contribution in [1.29, 1.82) is 0 Å². The van der Waals surface area contributed by atoms with Gasteiger partial charge in [-0.3, -0.25) is 15.0 Å². The highest BCUT2D eigenvalue weighted by Gasteiger charge is 2.40. The summed E-state index contributed by atoms with van der Waals surface area (Å²) in [6.45, 7) is 2.99. The second kappa shape index (κ2) is 9.72. The van der Waals surface area contributed by atoms with Crippen molar-refractivity contribution in [3.05, 3.63) is 30.1 Å². The van der Waals surface area contributed by atoms with E-state index < -0.39 is 0 Å². The lowest BCUT2D eigenvalue weighted by molar-refractivity contribution is -0.137. The lowest BCUT2D eigenvalue weighted by Crippen LogP contribution is -2.54. The van der Waals surface area contributed by atoms with Crippen molar-refractivity contribution in [3.8, 4) is 5.75 Å². The number of halogens is 1. The topological polar surface area (TPSA) is 83.1 Å². The molecule has 3 unspecified atom stereocenters. The van der Waals surface area contributed by atoms with Crippen molar-refractivity contribution in [1.82, 2.24) is 20.7 Å². The molecule has 0 radical (unpaired) electrons. The van der Waals surface area contributed by atoms with Gasteiger partial charge in [0, 0.05) is 31.7 Å². The number of piperidine rings is 1. The Bertz CT molecular complexity index is 741. The second-order valence-electron chi connectivity index (χ2n) is 8.01. The van der Waals surface area contributed by atoms with Crippen molar-refractivity contribution in [2.45, 2.75) is 43.8 Å². The van der Waals surface area contributed by atoms with E-state index >= 15 is 0 Å². The van der Waals surface area contributed by atoms with Gasteiger partial charge in [-0.05, 0) is 49.9 Å². The van der Waals surface area contributed by atoms with Crippen LogP contribution in [0.1, 0.15) is 25.7 Å². The highest BCUT2D eigenvalue weighted by atomic mass is 19.1. The van der Waals surface area contributed by atoms with E-state index in [9.17, 15) is 14.0 Å². The van der Waals surface area contributed by atoms with Crippen LogP contribution in [0.3, 0.4) is 0 Å². The number of ether oxygens (including phenoxy) is 2. The Hall–Kier alpha value is -2.23. The molecule has 1 aromatic rings. The average molecular weight is 420 g/mol. The van der Waals surface area contributed by atoms with Gasteiger partial charge in [-0.25, -0.2) is 9.82 Å². The van der Waals surface area contributed by atoms with E-state index in [2.05, 4.69) is 10.9 Å². The molecule has 0 aromatic heterocycles. The van der Waals surface area contributed by atoms with E-state index in [0.717, 1.165) is 19.3 Å². The van der Waals surface area contributed by atoms with Crippen LogP contribution in [0.5, 0.6) is 5.75 Å². The molecule has 30 heavy (non-hydrogen) atoms. The lowest BCUT2D eigenvalue weighted by atomic mass is 9.92. The van der Waals surface area contributed by atoms with Crippen molar-refractivity contribution in [2.24, 2.45) is 0 Å². The minimum absolute atomic E-state index is 0.00932. The standard InChI is InChI=1S/C21H29FN4O4/c22-15-4-6-16(7-5-15)30-14-20(27)26-8-2-1-3-19(26)17-13-18(24-23-17)21(28)25-9-11-29-12-10-25/h4-7,17-19,23-24H,1-3,8-14H2. The number of hydrazine groups is 1. The zero-order chi connectivity index (χ0) is 20.9. The zero-order valence-electron chi connectivity index (χ0n) is 17.0. The molecule has 164 valence electrons. The molecule has 3 fully saturated rings. The van der Waals surface area contributed by atoms with E-state index in [1.165, 1.54) is 24.3 Å². The first-order valence-electron chi connectivity index (χ1n) is 10.7. The number of nitrogens with zero attached hydrogens (tertiary/aromatic N) is 2. The summed E-state index contributed by atoms with van der Waals surface area (Å²) < 4.78 is 23.9. The van der Waals surface area contributed by atoms with E-state index in [1.54, 1.807) is 0 Å². The summed E-state index contributed by atoms with van der Waals surface area (Å²) in [5.41, 5.74) is 6.39. The number of nitrogens with one attached hydrogen (secondary N) is 2. The molecule has 3 aliphatic rings. The van der Waals surface area contributed by atoms with Gasteiger partial charge in [0.2, 0.25) is 5.91 Å². The lowest BCUT2D eigenvalue weighted by Gasteiger charge is -2.39. The van der Waals surface area contributed by atoms with Gasteiger partial charge in [0.05, 0.1) is 13.2 Å². The van der Waals surface area contributed by atoms with Gasteiger partial charge in [-0.2, -0.15) is 0 Å². The SMILES string of the molecule is O=C(C1CC(C2CCCCN2C(=O)COc2ccc(F)cc2)NN1)N1CCOCC1. The molecule has 0 bridgehead atoms. The number of likely N-dealkylation sites (tertiary alicyclic amines) is 1.